The van der Waals surface area contributed by atoms with Crippen LogP contribution in [0.2, 0.25) is 0 Å². The Labute approximate surface area is 159 Å². The van der Waals surface area contributed by atoms with Crippen molar-refractivity contribution in [3.8, 4) is 0 Å². The Kier molecular flexibility index (Phi) is 4.79. The second kappa shape index (κ2) is 7.39. The number of aryl methyl sites for hydroxylation is 1. The van der Waals surface area contributed by atoms with Gasteiger partial charge in [0.2, 0.25) is 0 Å². The highest BCUT2D eigenvalue weighted by molar-refractivity contribution is 6.04. The molecular weight excluding hydrogens is 338 g/mol. The molecule has 6 nitrogen and oxygen atoms in total. The molecule has 4 rings (SSSR count). The van der Waals surface area contributed by atoms with E-state index in [4.69, 9.17) is 0 Å². The third kappa shape index (κ3) is 3.94. The molecular formula is C21H25N5O. The molecule has 6 heteroatoms. The van der Waals surface area contributed by atoms with Crippen LogP contribution in [0, 0.1) is 12.8 Å². The molecule has 0 bridgehead atoms. The van der Waals surface area contributed by atoms with Crippen LogP contribution in [-0.2, 0) is 0 Å². The summed E-state index contributed by atoms with van der Waals surface area (Å²) in [5, 5.41) is 4.07. The highest BCUT2D eigenvalue weighted by atomic mass is 16.1. The number of fused-ring (bicyclic) bond motifs is 1. The van der Waals surface area contributed by atoms with Gasteiger partial charge in [0.15, 0.2) is 0 Å². The maximum Gasteiger partial charge on any atom is 0.274 e. The van der Waals surface area contributed by atoms with E-state index in [0.717, 1.165) is 53.4 Å². The predicted molar refractivity (Wildman–Crippen MR) is 108 cm³/mol. The molecule has 3 aromatic rings. The third-order valence-corrected chi connectivity index (χ3v) is 5.02. The zero-order valence-corrected chi connectivity index (χ0v) is 15.8. The van der Waals surface area contributed by atoms with Crippen molar-refractivity contribution in [3.05, 3.63) is 48.0 Å². The number of nitrogens with one attached hydrogen (secondary N) is 2. The molecule has 1 aliphatic rings. The molecule has 2 heterocycles. The van der Waals surface area contributed by atoms with Gasteiger partial charge >= 0.3 is 0 Å². The molecule has 27 heavy (non-hydrogen) atoms. The van der Waals surface area contributed by atoms with Crippen LogP contribution in [0.3, 0.4) is 0 Å². The SMILES string of the molecule is CCCN(CC1CC1)c1cc(C(=O)Nc2cc3cc[nH]c3cc2C)ncn1. The molecule has 0 radical (unpaired) electrons. The first-order chi connectivity index (χ1) is 13.1. The lowest BCUT2D eigenvalue weighted by atomic mass is 10.1. The first-order valence-corrected chi connectivity index (χ1v) is 9.60. The average molecular weight is 363 g/mol. The molecule has 1 fully saturated rings. The van der Waals surface area contributed by atoms with E-state index < -0.39 is 0 Å². The van der Waals surface area contributed by atoms with Crippen LogP contribution in [0.5, 0.6) is 0 Å². The molecule has 2 aromatic heterocycles. The summed E-state index contributed by atoms with van der Waals surface area (Å²) in [4.78, 5) is 26.8. The number of anilines is 2. The summed E-state index contributed by atoms with van der Waals surface area (Å²) in [7, 11) is 0. The van der Waals surface area contributed by atoms with Crippen molar-refractivity contribution in [2.45, 2.75) is 33.1 Å². The normalized spacial score (nSPS) is 13.7. The van der Waals surface area contributed by atoms with Crippen molar-refractivity contribution in [3.63, 3.8) is 0 Å². The Hall–Kier alpha value is -2.89. The minimum absolute atomic E-state index is 0.209. The summed E-state index contributed by atoms with van der Waals surface area (Å²) in [6.07, 6.45) is 7.02. The van der Waals surface area contributed by atoms with E-state index >= 15 is 0 Å². The Morgan fingerprint density at radius 1 is 1.30 bits per heavy atom. The van der Waals surface area contributed by atoms with Crippen molar-refractivity contribution < 1.29 is 4.79 Å². The first kappa shape index (κ1) is 17.5. The van der Waals surface area contributed by atoms with Crippen LogP contribution in [-0.4, -0.2) is 33.9 Å². The summed E-state index contributed by atoms with van der Waals surface area (Å²) in [6, 6.07) is 7.82. The van der Waals surface area contributed by atoms with Crippen molar-refractivity contribution in [2.24, 2.45) is 5.92 Å². The van der Waals surface area contributed by atoms with Crippen molar-refractivity contribution >= 4 is 28.3 Å². The zero-order chi connectivity index (χ0) is 18.8. The average Bonchev–Trinajstić information content (AvgIpc) is 3.38. The smallest absolute Gasteiger partial charge is 0.274 e. The number of hydrogen-bond donors (Lipinski definition) is 2. The maximum absolute atomic E-state index is 12.8. The third-order valence-electron chi connectivity index (χ3n) is 5.02. The monoisotopic (exact) mass is 363 g/mol. The summed E-state index contributed by atoms with van der Waals surface area (Å²) in [5.74, 6) is 1.39. The van der Waals surface area contributed by atoms with Crippen LogP contribution >= 0.6 is 0 Å². The van der Waals surface area contributed by atoms with Gasteiger partial charge in [-0.15, -0.1) is 0 Å². The van der Waals surface area contributed by atoms with E-state index in [1.165, 1.54) is 19.2 Å². The topological polar surface area (TPSA) is 73.9 Å². The number of benzene rings is 1. The number of nitrogens with zero attached hydrogens (tertiary/aromatic N) is 3. The number of aromatic nitrogens is 3. The predicted octanol–water partition coefficient (Wildman–Crippen LogP) is 4.15. The standard InChI is InChI=1S/C21H25N5O/c1-3-8-26(12-15-4-5-15)20-11-19(23-13-24-20)21(27)25-17-10-16-6-7-22-18(16)9-14(17)2/h6-7,9-11,13,15,22H,3-5,8,12H2,1-2H3,(H,25,27). The van der Waals surface area contributed by atoms with Crippen molar-refractivity contribution in [2.75, 3.05) is 23.3 Å². The van der Waals surface area contributed by atoms with E-state index in [-0.39, 0.29) is 5.91 Å². The fourth-order valence-corrected chi connectivity index (χ4v) is 3.36. The molecule has 0 atom stereocenters. The lowest BCUT2D eigenvalue weighted by Crippen LogP contribution is -2.28. The van der Waals surface area contributed by atoms with Crippen LogP contribution in [0.4, 0.5) is 11.5 Å². The number of carbonyl (C=O) groups is 1. The van der Waals surface area contributed by atoms with Gasteiger partial charge in [-0.05, 0) is 55.9 Å². The summed E-state index contributed by atoms with van der Waals surface area (Å²) in [5.41, 5.74) is 3.26. The highest BCUT2D eigenvalue weighted by Gasteiger charge is 2.25. The summed E-state index contributed by atoms with van der Waals surface area (Å²) >= 11 is 0. The molecule has 0 spiro atoms. The molecule has 0 unspecified atom stereocenters. The first-order valence-electron chi connectivity index (χ1n) is 9.60. The molecule has 0 saturated heterocycles. The lowest BCUT2D eigenvalue weighted by Gasteiger charge is -2.23. The summed E-state index contributed by atoms with van der Waals surface area (Å²) < 4.78 is 0. The Balaban J connectivity index is 1.54. The molecule has 0 aliphatic heterocycles. The second-order valence-corrected chi connectivity index (χ2v) is 7.34. The minimum atomic E-state index is -0.209. The van der Waals surface area contributed by atoms with Crippen LogP contribution in [0.25, 0.3) is 10.9 Å². The van der Waals surface area contributed by atoms with Gasteiger partial charge in [-0.3, -0.25) is 4.79 Å². The van der Waals surface area contributed by atoms with Gasteiger partial charge < -0.3 is 15.2 Å². The second-order valence-electron chi connectivity index (χ2n) is 7.34. The molecule has 1 amide bonds. The largest absolute Gasteiger partial charge is 0.361 e. The van der Waals surface area contributed by atoms with E-state index in [1.54, 1.807) is 6.07 Å². The minimum Gasteiger partial charge on any atom is -0.361 e. The van der Waals surface area contributed by atoms with Crippen LogP contribution in [0.15, 0.2) is 36.8 Å². The van der Waals surface area contributed by atoms with E-state index in [1.807, 2.05) is 31.3 Å². The Morgan fingerprint density at radius 2 is 2.15 bits per heavy atom. The van der Waals surface area contributed by atoms with E-state index in [0.29, 0.717) is 5.69 Å². The van der Waals surface area contributed by atoms with E-state index in [9.17, 15) is 4.79 Å². The molecule has 2 N–H and O–H groups in total. The van der Waals surface area contributed by atoms with E-state index in [2.05, 4.69) is 32.1 Å². The Bertz CT molecular complexity index is 960. The van der Waals surface area contributed by atoms with Crippen molar-refractivity contribution in [1.82, 2.24) is 15.0 Å². The fourth-order valence-electron chi connectivity index (χ4n) is 3.36. The van der Waals surface area contributed by atoms with Crippen LogP contribution < -0.4 is 10.2 Å². The number of H-pyrrole nitrogens is 1. The van der Waals surface area contributed by atoms with Crippen LogP contribution in [0.1, 0.15) is 42.2 Å². The number of carbonyl (C=O) groups excluding carboxylic acids is 1. The van der Waals surface area contributed by atoms with Gasteiger partial charge in [0.25, 0.3) is 5.91 Å². The van der Waals surface area contributed by atoms with Crippen molar-refractivity contribution in [1.29, 1.82) is 0 Å². The molecule has 1 aliphatic carbocycles. The molecule has 1 aromatic carbocycles. The number of aromatic amines is 1. The van der Waals surface area contributed by atoms with Gasteiger partial charge in [0.05, 0.1) is 0 Å². The van der Waals surface area contributed by atoms with Gasteiger partial charge in [0, 0.05) is 41.9 Å². The molecule has 140 valence electrons. The van der Waals surface area contributed by atoms with Gasteiger partial charge in [0.1, 0.15) is 17.8 Å². The lowest BCUT2D eigenvalue weighted by molar-refractivity contribution is 0.102. The number of amides is 1. The zero-order valence-electron chi connectivity index (χ0n) is 15.8. The number of hydrogen-bond acceptors (Lipinski definition) is 4. The maximum atomic E-state index is 12.8. The van der Waals surface area contributed by atoms with Gasteiger partial charge in [-0.25, -0.2) is 9.97 Å². The Morgan fingerprint density at radius 3 is 2.93 bits per heavy atom. The highest BCUT2D eigenvalue weighted by Crippen LogP contribution is 2.31. The summed E-state index contributed by atoms with van der Waals surface area (Å²) in [6.45, 7) is 6.10. The number of rotatable bonds is 7. The fraction of sp³-hybridized carbons (Fsp3) is 0.381. The molecule has 1 saturated carbocycles. The quantitative estimate of drug-likeness (QED) is 0.661. The van der Waals surface area contributed by atoms with Gasteiger partial charge in [-0.1, -0.05) is 6.92 Å². The van der Waals surface area contributed by atoms with Gasteiger partial charge in [-0.2, -0.15) is 0 Å².